The van der Waals surface area contributed by atoms with E-state index in [-0.39, 0.29) is 23.8 Å². The highest BCUT2D eigenvalue weighted by Gasteiger charge is 2.56. The summed E-state index contributed by atoms with van der Waals surface area (Å²) in [5, 5.41) is 8.93. The minimum absolute atomic E-state index is 0.0937. The summed E-state index contributed by atoms with van der Waals surface area (Å²) in [5.74, 6) is -1.49. The first-order chi connectivity index (χ1) is 22.2. The normalized spacial score (nSPS) is 13.1. The van der Waals surface area contributed by atoms with Crippen molar-refractivity contribution in [3.63, 3.8) is 0 Å². The molecule has 0 bridgehead atoms. The second-order valence-corrected chi connectivity index (χ2v) is 10.7. The number of aromatic nitrogens is 1. The third-order valence-corrected chi connectivity index (χ3v) is 7.42. The van der Waals surface area contributed by atoms with Gasteiger partial charge in [-0.2, -0.15) is 0 Å². The number of anilines is 2. The van der Waals surface area contributed by atoms with E-state index in [0.717, 1.165) is 6.07 Å². The van der Waals surface area contributed by atoms with E-state index in [9.17, 15) is 18.8 Å². The molecular weight excluding hydrogens is 600 g/mol. The minimum Gasteiger partial charge on any atom is -0.493 e. The largest absolute Gasteiger partial charge is 0.493 e. The van der Waals surface area contributed by atoms with Crippen LogP contribution in [0.5, 0.6) is 23.0 Å². The van der Waals surface area contributed by atoms with Gasteiger partial charge >= 0.3 is 0 Å². The van der Waals surface area contributed by atoms with Crippen molar-refractivity contribution >= 4 is 40.0 Å². The van der Waals surface area contributed by atoms with Gasteiger partial charge in [0, 0.05) is 48.1 Å². The van der Waals surface area contributed by atoms with Gasteiger partial charge in [0.05, 0.1) is 19.2 Å². The SMILES string of the molecule is COc1cc2c(Oc3ccc(NC(=O)C4(C(=O)Nc5ccc(F)cc5)CC4)cc3F)ccnc2cc1OCCCNCCC(N)=O. The summed E-state index contributed by atoms with van der Waals surface area (Å²) in [6.07, 6.45) is 3.13. The predicted octanol–water partition coefficient (Wildman–Crippen LogP) is 4.91. The van der Waals surface area contributed by atoms with E-state index < -0.39 is 28.9 Å². The molecule has 1 aliphatic carbocycles. The third-order valence-electron chi connectivity index (χ3n) is 7.42. The smallest absolute Gasteiger partial charge is 0.240 e. The van der Waals surface area contributed by atoms with Gasteiger partial charge < -0.3 is 35.9 Å². The van der Waals surface area contributed by atoms with Crippen LogP contribution in [0.25, 0.3) is 10.9 Å². The highest BCUT2D eigenvalue weighted by molar-refractivity contribution is 6.16. The number of fused-ring (bicyclic) bond motifs is 1. The van der Waals surface area contributed by atoms with E-state index in [1.807, 2.05) is 0 Å². The Morgan fingerprint density at radius 1 is 0.870 bits per heavy atom. The van der Waals surface area contributed by atoms with Crippen molar-refractivity contribution in [2.24, 2.45) is 11.1 Å². The number of pyridine rings is 1. The van der Waals surface area contributed by atoms with Gasteiger partial charge in [-0.1, -0.05) is 0 Å². The highest BCUT2D eigenvalue weighted by atomic mass is 19.1. The molecule has 240 valence electrons. The summed E-state index contributed by atoms with van der Waals surface area (Å²) in [5.41, 5.74) is 4.89. The van der Waals surface area contributed by atoms with Gasteiger partial charge in [-0.25, -0.2) is 8.78 Å². The van der Waals surface area contributed by atoms with Crippen molar-refractivity contribution in [2.75, 3.05) is 37.4 Å². The molecule has 1 fully saturated rings. The average molecular weight is 634 g/mol. The molecule has 1 aromatic heterocycles. The summed E-state index contributed by atoms with van der Waals surface area (Å²) in [4.78, 5) is 41.1. The Morgan fingerprint density at radius 2 is 1.59 bits per heavy atom. The molecule has 5 N–H and O–H groups in total. The van der Waals surface area contributed by atoms with E-state index in [0.29, 0.717) is 72.8 Å². The number of rotatable bonds is 15. The number of amides is 3. The molecule has 0 radical (unpaired) electrons. The second kappa shape index (κ2) is 14.2. The maximum atomic E-state index is 15.2. The molecule has 46 heavy (non-hydrogen) atoms. The van der Waals surface area contributed by atoms with Crippen molar-refractivity contribution in [2.45, 2.75) is 25.7 Å². The first kappa shape index (κ1) is 32.1. The molecule has 5 rings (SSSR count). The van der Waals surface area contributed by atoms with Crippen LogP contribution in [0.3, 0.4) is 0 Å². The quantitative estimate of drug-likeness (QED) is 0.106. The van der Waals surface area contributed by atoms with Crippen LogP contribution in [-0.2, 0) is 14.4 Å². The number of halogens is 2. The van der Waals surface area contributed by atoms with Crippen LogP contribution < -0.4 is 35.9 Å². The molecule has 3 aromatic carbocycles. The molecule has 3 amide bonds. The lowest BCUT2D eigenvalue weighted by Gasteiger charge is -2.16. The lowest BCUT2D eigenvalue weighted by molar-refractivity contribution is -0.131. The van der Waals surface area contributed by atoms with Crippen molar-refractivity contribution in [3.8, 4) is 23.0 Å². The van der Waals surface area contributed by atoms with Crippen LogP contribution in [0.2, 0.25) is 0 Å². The van der Waals surface area contributed by atoms with Crippen LogP contribution in [0.4, 0.5) is 20.2 Å². The number of carbonyl (C=O) groups is 3. The molecule has 1 saturated carbocycles. The van der Waals surface area contributed by atoms with Crippen molar-refractivity contribution in [3.05, 3.63) is 78.5 Å². The van der Waals surface area contributed by atoms with Crippen LogP contribution in [0.15, 0.2) is 66.9 Å². The fraction of sp³-hybridized carbons (Fsp3) is 0.273. The number of methoxy groups -OCH3 is 1. The van der Waals surface area contributed by atoms with Gasteiger partial charge in [-0.05, 0) is 74.3 Å². The fourth-order valence-corrected chi connectivity index (χ4v) is 4.70. The number of nitrogens with zero attached hydrogens (tertiary/aromatic N) is 1. The van der Waals surface area contributed by atoms with Gasteiger partial charge in [0.1, 0.15) is 17.0 Å². The monoisotopic (exact) mass is 633 g/mol. The van der Waals surface area contributed by atoms with Crippen LogP contribution in [0.1, 0.15) is 25.7 Å². The van der Waals surface area contributed by atoms with Gasteiger partial charge in [0.15, 0.2) is 23.1 Å². The maximum absolute atomic E-state index is 15.2. The Balaban J connectivity index is 1.22. The molecular formula is C33H33F2N5O6. The third kappa shape index (κ3) is 7.67. The van der Waals surface area contributed by atoms with Crippen LogP contribution in [0, 0.1) is 17.0 Å². The Hall–Kier alpha value is -5.30. The number of nitrogens with one attached hydrogen (secondary N) is 3. The molecule has 0 aliphatic heterocycles. The molecule has 0 unspecified atom stereocenters. The minimum atomic E-state index is -1.29. The summed E-state index contributed by atoms with van der Waals surface area (Å²) in [6.45, 7) is 1.52. The number of hydrogen-bond acceptors (Lipinski definition) is 8. The van der Waals surface area contributed by atoms with E-state index in [4.69, 9.17) is 19.9 Å². The molecule has 13 heteroatoms. The van der Waals surface area contributed by atoms with Gasteiger partial charge in [0.2, 0.25) is 17.7 Å². The van der Waals surface area contributed by atoms with Crippen molar-refractivity contribution < 1.29 is 37.4 Å². The van der Waals surface area contributed by atoms with Crippen LogP contribution >= 0.6 is 0 Å². The Labute approximate surface area is 263 Å². The van der Waals surface area contributed by atoms with E-state index >= 15 is 4.39 Å². The molecule has 11 nitrogen and oxygen atoms in total. The fourth-order valence-electron chi connectivity index (χ4n) is 4.70. The second-order valence-electron chi connectivity index (χ2n) is 10.7. The predicted molar refractivity (Wildman–Crippen MR) is 167 cm³/mol. The topological polar surface area (TPSA) is 154 Å². The maximum Gasteiger partial charge on any atom is 0.240 e. The van der Waals surface area contributed by atoms with Crippen LogP contribution in [-0.4, -0.2) is 49.5 Å². The number of carbonyl (C=O) groups excluding carboxylic acids is 3. The first-order valence-corrected chi connectivity index (χ1v) is 14.6. The zero-order valence-electron chi connectivity index (χ0n) is 25.0. The van der Waals surface area contributed by atoms with E-state index in [1.165, 1.54) is 49.7 Å². The molecule has 0 saturated heterocycles. The first-order valence-electron chi connectivity index (χ1n) is 14.6. The van der Waals surface area contributed by atoms with Crippen molar-refractivity contribution in [1.82, 2.24) is 10.3 Å². The molecule has 0 spiro atoms. The standard InChI is InChI=1S/C33H33F2N5O6/c1-44-28-18-23-25(19-29(28)45-16-2-13-37-14-10-30(36)41)38-15-9-26(23)46-27-8-7-22(17-24(27)35)40-32(43)33(11-12-33)31(42)39-21-5-3-20(34)4-6-21/h3-9,15,17-19,37H,2,10-14,16H2,1H3,(H2,36,41)(H,39,42)(H,40,43). The highest BCUT2D eigenvalue weighted by Crippen LogP contribution is 2.47. The Bertz CT molecular complexity index is 1750. The number of nitrogens with two attached hydrogens (primary N) is 1. The molecule has 1 aliphatic rings. The summed E-state index contributed by atoms with van der Waals surface area (Å²) < 4.78 is 45.7. The summed E-state index contributed by atoms with van der Waals surface area (Å²) >= 11 is 0. The van der Waals surface area contributed by atoms with E-state index in [2.05, 4.69) is 20.9 Å². The Morgan fingerprint density at radius 3 is 2.26 bits per heavy atom. The molecule has 4 aromatic rings. The number of benzene rings is 3. The lowest BCUT2D eigenvalue weighted by atomic mass is 10.0. The molecule has 1 heterocycles. The average Bonchev–Trinajstić information content (AvgIpc) is 3.85. The van der Waals surface area contributed by atoms with Crippen molar-refractivity contribution in [1.29, 1.82) is 0 Å². The van der Waals surface area contributed by atoms with Gasteiger partial charge in [0.25, 0.3) is 0 Å². The number of primary amides is 1. The lowest BCUT2D eigenvalue weighted by Crippen LogP contribution is -2.35. The van der Waals surface area contributed by atoms with Gasteiger partial charge in [-0.15, -0.1) is 0 Å². The number of ether oxygens (including phenoxy) is 3. The summed E-state index contributed by atoms with van der Waals surface area (Å²) in [6, 6.07) is 14.2. The zero-order chi connectivity index (χ0) is 32.7. The van der Waals surface area contributed by atoms with E-state index in [1.54, 1.807) is 18.2 Å². The summed E-state index contributed by atoms with van der Waals surface area (Å²) in [7, 11) is 1.50. The number of hydrogen-bond donors (Lipinski definition) is 4. The Kier molecular flexibility index (Phi) is 9.91. The van der Waals surface area contributed by atoms with Gasteiger partial charge in [-0.3, -0.25) is 19.4 Å². The zero-order valence-corrected chi connectivity index (χ0v) is 25.0. The molecule has 0 atom stereocenters.